The van der Waals surface area contributed by atoms with Gasteiger partial charge in [-0.05, 0) is 26.7 Å². The molecule has 1 aliphatic carbocycles. The van der Waals surface area contributed by atoms with Crippen molar-refractivity contribution in [2.24, 2.45) is 5.92 Å². The van der Waals surface area contributed by atoms with Gasteiger partial charge in [0.2, 0.25) is 0 Å². The number of allylic oxidation sites excluding steroid dienone is 2. The molecule has 1 unspecified atom stereocenters. The predicted molar refractivity (Wildman–Crippen MR) is 41.5 cm³/mol. The number of ketones is 1. The van der Waals surface area contributed by atoms with Crippen LogP contribution in [0.3, 0.4) is 0 Å². The summed E-state index contributed by atoms with van der Waals surface area (Å²) in [4.78, 5) is 11.0. The van der Waals surface area contributed by atoms with Gasteiger partial charge in [0.15, 0.2) is 0 Å². The first kappa shape index (κ1) is 7.52. The molecule has 1 saturated carbocycles. The summed E-state index contributed by atoms with van der Waals surface area (Å²) in [5.74, 6) is 0.506. The topological polar surface area (TPSA) is 17.1 Å². The normalized spacial score (nSPS) is 25.0. The van der Waals surface area contributed by atoms with E-state index in [2.05, 4.69) is 6.42 Å². The van der Waals surface area contributed by atoms with Gasteiger partial charge in [0.05, 0.1) is 0 Å². The first-order valence-electron chi connectivity index (χ1n) is 3.71. The smallest absolute Gasteiger partial charge is 0.140 e. The van der Waals surface area contributed by atoms with Gasteiger partial charge in [-0.2, -0.15) is 0 Å². The zero-order chi connectivity index (χ0) is 7.56. The maximum Gasteiger partial charge on any atom is 0.140 e. The van der Waals surface area contributed by atoms with Gasteiger partial charge in [-0.3, -0.25) is 4.79 Å². The maximum absolute atomic E-state index is 11.0. The number of rotatable bonds is 1. The highest BCUT2D eigenvalue weighted by atomic mass is 16.1. The van der Waals surface area contributed by atoms with Crippen molar-refractivity contribution in [1.29, 1.82) is 0 Å². The maximum atomic E-state index is 11.0. The molecule has 1 nitrogen and oxygen atoms in total. The largest absolute Gasteiger partial charge is 0.299 e. The third kappa shape index (κ3) is 1.69. The van der Waals surface area contributed by atoms with Crippen molar-refractivity contribution < 1.29 is 4.79 Å². The van der Waals surface area contributed by atoms with E-state index in [4.69, 9.17) is 0 Å². The molecule has 0 N–H and O–H groups in total. The molecule has 0 aromatic heterocycles. The molecule has 1 radical (unpaired) electrons. The zero-order valence-electron chi connectivity index (χ0n) is 6.55. The Balaban J connectivity index is 2.56. The lowest BCUT2D eigenvalue weighted by Gasteiger charge is -1.99. The van der Waals surface area contributed by atoms with Crippen LogP contribution in [0.15, 0.2) is 11.6 Å². The van der Waals surface area contributed by atoms with Gasteiger partial charge >= 0.3 is 0 Å². The van der Waals surface area contributed by atoms with Crippen LogP contribution in [0, 0.1) is 12.3 Å². The highest BCUT2D eigenvalue weighted by Crippen LogP contribution is 2.22. The van der Waals surface area contributed by atoms with E-state index in [1.165, 1.54) is 5.57 Å². The Kier molecular flexibility index (Phi) is 2.25. The Hall–Kier alpha value is -0.590. The molecule has 1 fully saturated rings. The van der Waals surface area contributed by atoms with Crippen LogP contribution in [0.5, 0.6) is 0 Å². The summed E-state index contributed by atoms with van der Waals surface area (Å²) in [5, 5.41) is 0. The van der Waals surface area contributed by atoms with Crippen LogP contribution in [-0.2, 0) is 4.79 Å². The summed E-state index contributed by atoms with van der Waals surface area (Å²) >= 11 is 0. The minimum Gasteiger partial charge on any atom is -0.299 e. The van der Waals surface area contributed by atoms with Crippen molar-refractivity contribution in [3.8, 4) is 0 Å². The van der Waals surface area contributed by atoms with Crippen LogP contribution in [0.1, 0.15) is 26.7 Å². The molecular formula is C9H13O. The van der Waals surface area contributed by atoms with Gasteiger partial charge in [0.25, 0.3) is 0 Å². The van der Waals surface area contributed by atoms with Gasteiger partial charge in [-0.25, -0.2) is 0 Å². The van der Waals surface area contributed by atoms with Gasteiger partial charge in [0, 0.05) is 12.3 Å². The fraction of sp³-hybridized carbons (Fsp3) is 0.556. The molecule has 1 heteroatoms. The highest BCUT2D eigenvalue weighted by Gasteiger charge is 2.21. The Morgan fingerprint density at radius 2 is 2.40 bits per heavy atom. The molecule has 0 aromatic carbocycles. The first-order chi connectivity index (χ1) is 4.70. The summed E-state index contributed by atoms with van der Waals surface area (Å²) in [6.07, 6.45) is 5.84. The van der Waals surface area contributed by atoms with Crippen molar-refractivity contribution in [1.82, 2.24) is 0 Å². The number of hydrogen-bond acceptors (Lipinski definition) is 1. The first-order valence-corrected chi connectivity index (χ1v) is 3.71. The van der Waals surface area contributed by atoms with Crippen LogP contribution in [-0.4, -0.2) is 5.78 Å². The van der Waals surface area contributed by atoms with Gasteiger partial charge < -0.3 is 0 Å². The van der Waals surface area contributed by atoms with Crippen LogP contribution < -0.4 is 0 Å². The number of carbonyl (C=O) groups is 1. The van der Waals surface area contributed by atoms with E-state index in [9.17, 15) is 4.79 Å². The second-order valence-electron chi connectivity index (χ2n) is 3.01. The van der Waals surface area contributed by atoms with Crippen molar-refractivity contribution in [3.63, 3.8) is 0 Å². The lowest BCUT2D eigenvalue weighted by molar-refractivity contribution is -0.119. The average molecular weight is 137 g/mol. The van der Waals surface area contributed by atoms with E-state index in [0.29, 0.717) is 5.78 Å². The lowest BCUT2D eigenvalue weighted by Crippen LogP contribution is -2.02. The van der Waals surface area contributed by atoms with E-state index >= 15 is 0 Å². The van der Waals surface area contributed by atoms with E-state index < -0.39 is 0 Å². The lowest BCUT2D eigenvalue weighted by atomic mass is 10.0. The van der Waals surface area contributed by atoms with Crippen molar-refractivity contribution in [2.75, 3.05) is 0 Å². The SMILES string of the molecule is CC(C)=CC1[CH]CCC1=O. The van der Waals surface area contributed by atoms with E-state index in [-0.39, 0.29) is 5.92 Å². The molecule has 1 rings (SSSR count). The molecule has 0 heterocycles. The Labute approximate surface area is 62.1 Å². The van der Waals surface area contributed by atoms with Crippen molar-refractivity contribution in [2.45, 2.75) is 26.7 Å². The third-order valence-corrected chi connectivity index (χ3v) is 1.70. The summed E-state index contributed by atoms with van der Waals surface area (Å²) in [6.45, 7) is 4.05. The van der Waals surface area contributed by atoms with Crippen LogP contribution in [0.2, 0.25) is 0 Å². The van der Waals surface area contributed by atoms with Crippen LogP contribution in [0.25, 0.3) is 0 Å². The number of carbonyl (C=O) groups excluding carboxylic acids is 1. The Morgan fingerprint density at radius 3 is 2.80 bits per heavy atom. The predicted octanol–water partition coefficient (Wildman–Crippen LogP) is 2.14. The molecule has 0 spiro atoms. The zero-order valence-corrected chi connectivity index (χ0v) is 6.55. The van der Waals surface area contributed by atoms with E-state index in [0.717, 1.165) is 12.8 Å². The van der Waals surface area contributed by atoms with Gasteiger partial charge in [0.1, 0.15) is 5.78 Å². The molecule has 1 atom stereocenters. The minimum absolute atomic E-state index is 0.130. The molecule has 0 aromatic rings. The van der Waals surface area contributed by atoms with Crippen molar-refractivity contribution >= 4 is 5.78 Å². The number of hydrogen-bond donors (Lipinski definition) is 0. The van der Waals surface area contributed by atoms with Crippen LogP contribution >= 0.6 is 0 Å². The highest BCUT2D eigenvalue weighted by molar-refractivity contribution is 5.86. The van der Waals surface area contributed by atoms with E-state index in [1.54, 1.807) is 0 Å². The molecule has 1 aliphatic rings. The standard InChI is InChI=1S/C9H13O/c1-7(2)6-8-4-3-5-9(8)10/h4,6,8H,3,5H2,1-2H3. The molecule has 0 saturated heterocycles. The fourth-order valence-electron chi connectivity index (χ4n) is 1.22. The van der Waals surface area contributed by atoms with Gasteiger partial charge in [-0.15, -0.1) is 0 Å². The quantitative estimate of drug-likeness (QED) is 0.506. The van der Waals surface area contributed by atoms with E-state index in [1.807, 2.05) is 19.9 Å². The van der Waals surface area contributed by atoms with Gasteiger partial charge in [-0.1, -0.05) is 11.6 Å². The second kappa shape index (κ2) is 3.00. The average Bonchev–Trinajstić information content (AvgIpc) is 2.15. The second-order valence-corrected chi connectivity index (χ2v) is 3.01. The minimum atomic E-state index is 0.130. The molecular weight excluding hydrogens is 124 g/mol. The van der Waals surface area contributed by atoms with Crippen LogP contribution in [0.4, 0.5) is 0 Å². The molecule has 0 amide bonds. The molecule has 10 heavy (non-hydrogen) atoms. The summed E-state index contributed by atoms with van der Waals surface area (Å²) in [5.41, 5.74) is 1.23. The Morgan fingerprint density at radius 1 is 1.70 bits per heavy atom. The molecule has 0 bridgehead atoms. The summed E-state index contributed by atoms with van der Waals surface area (Å²) in [7, 11) is 0. The number of Topliss-reactive ketones (excluding diaryl/α,β-unsaturated/α-hetero) is 1. The third-order valence-electron chi connectivity index (χ3n) is 1.70. The summed E-state index contributed by atoms with van der Waals surface area (Å²) < 4.78 is 0. The molecule has 0 aliphatic heterocycles. The van der Waals surface area contributed by atoms with Crippen molar-refractivity contribution in [3.05, 3.63) is 18.1 Å². The fourth-order valence-corrected chi connectivity index (χ4v) is 1.22. The monoisotopic (exact) mass is 137 g/mol. The Bertz CT molecular complexity index is 164. The summed E-state index contributed by atoms with van der Waals surface area (Å²) in [6, 6.07) is 0. The molecule has 55 valence electrons.